The highest BCUT2D eigenvalue weighted by Gasteiger charge is 2.33. The summed E-state index contributed by atoms with van der Waals surface area (Å²) in [6.07, 6.45) is -4.64. The Kier molecular flexibility index (Phi) is 4.26. The van der Waals surface area contributed by atoms with E-state index in [0.29, 0.717) is 6.07 Å². The van der Waals surface area contributed by atoms with Crippen molar-refractivity contribution in [1.82, 2.24) is 10.2 Å². The van der Waals surface area contributed by atoms with E-state index in [1.807, 2.05) is 0 Å². The second-order valence-electron chi connectivity index (χ2n) is 3.87. The summed E-state index contributed by atoms with van der Waals surface area (Å²) < 4.78 is 63.8. The van der Waals surface area contributed by atoms with Crippen LogP contribution < -0.4 is 4.31 Å². The molecule has 0 N–H and O–H groups in total. The van der Waals surface area contributed by atoms with E-state index in [0.717, 1.165) is 27.8 Å². The van der Waals surface area contributed by atoms with Crippen LogP contribution in [0.2, 0.25) is 0 Å². The zero-order valence-electron chi connectivity index (χ0n) is 10.3. The fourth-order valence-corrected chi connectivity index (χ4v) is 4.05. The molecule has 114 valence electrons. The summed E-state index contributed by atoms with van der Waals surface area (Å²) >= 11 is 3.84. The average Bonchev–Trinajstić information content (AvgIpc) is 2.89. The Morgan fingerprint density at radius 1 is 1.29 bits per heavy atom. The standard InChI is InChI=1S/C10H7BrF3N3O2S2/c1-17(9-16-15-5-20-9)21(18,19)8-3-6(10(12,13)14)2-7(11)4-8/h2-5H,1H3. The number of hydrogen-bond acceptors (Lipinski definition) is 5. The second kappa shape index (κ2) is 5.54. The van der Waals surface area contributed by atoms with Crippen LogP contribution in [-0.2, 0) is 16.2 Å². The SMILES string of the molecule is CN(c1nncs1)S(=O)(=O)c1cc(Br)cc(C(F)(F)F)c1. The van der Waals surface area contributed by atoms with Crippen molar-refractivity contribution in [2.75, 3.05) is 11.4 Å². The maximum Gasteiger partial charge on any atom is 0.416 e. The lowest BCUT2D eigenvalue weighted by molar-refractivity contribution is -0.137. The van der Waals surface area contributed by atoms with Crippen LogP contribution in [0.25, 0.3) is 0 Å². The van der Waals surface area contributed by atoms with Gasteiger partial charge in [-0.2, -0.15) is 13.2 Å². The van der Waals surface area contributed by atoms with Crippen molar-refractivity contribution in [2.24, 2.45) is 0 Å². The molecule has 0 fully saturated rings. The summed E-state index contributed by atoms with van der Waals surface area (Å²) in [4.78, 5) is -0.484. The lowest BCUT2D eigenvalue weighted by atomic mass is 10.2. The van der Waals surface area contributed by atoms with Crippen LogP contribution in [0.15, 0.2) is 33.1 Å². The number of aromatic nitrogens is 2. The molecule has 1 aromatic carbocycles. The van der Waals surface area contributed by atoms with E-state index >= 15 is 0 Å². The fraction of sp³-hybridized carbons (Fsp3) is 0.200. The third kappa shape index (κ3) is 3.35. The molecule has 0 unspecified atom stereocenters. The van der Waals surface area contributed by atoms with Gasteiger partial charge in [-0.15, -0.1) is 10.2 Å². The monoisotopic (exact) mass is 401 g/mol. The molecule has 1 aromatic heterocycles. The third-order valence-corrected chi connectivity index (χ3v) is 5.54. The summed E-state index contributed by atoms with van der Waals surface area (Å²) in [5.41, 5.74) is 0.268. The first-order chi connectivity index (χ1) is 9.62. The first-order valence-electron chi connectivity index (χ1n) is 5.25. The van der Waals surface area contributed by atoms with Crippen LogP contribution in [0.1, 0.15) is 5.56 Å². The maximum atomic E-state index is 12.8. The normalized spacial score (nSPS) is 12.4. The highest BCUT2D eigenvalue weighted by Crippen LogP contribution is 2.34. The summed E-state index contributed by atoms with van der Waals surface area (Å²) in [5, 5.41) is 7.14. The van der Waals surface area contributed by atoms with Crippen LogP contribution in [0.5, 0.6) is 0 Å². The molecule has 21 heavy (non-hydrogen) atoms. The molecular formula is C10H7BrF3N3O2S2. The molecule has 5 nitrogen and oxygen atoms in total. The minimum absolute atomic E-state index is 0.0153. The Balaban J connectivity index is 2.53. The number of benzene rings is 1. The van der Waals surface area contributed by atoms with Gasteiger partial charge in [-0.1, -0.05) is 27.3 Å². The lowest BCUT2D eigenvalue weighted by Gasteiger charge is -2.17. The van der Waals surface area contributed by atoms with Gasteiger partial charge in [0.25, 0.3) is 10.0 Å². The molecule has 0 aliphatic rings. The predicted octanol–water partition coefficient (Wildman–Crippen LogP) is 3.14. The van der Waals surface area contributed by atoms with Crippen molar-refractivity contribution >= 4 is 42.4 Å². The number of anilines is 1. The molecule has 0 aliphatic carbocycles. The molecule has 0 spiro atoms. The van der Waals surface area contributed by atoms with Gasteiger partial charge in [0.1, 0.15) is 5.51 Å². The Morgan fingerprint density at radius 3 is 2.48 bits per heavy atom. The minimum atomic E-state index is -4.64. The zero-order chi connectivity index (χ0) is 15.8. The number of nitrogens with zero attached hydrogens (tertiary/aromatic N) is 3. The van der Waals surface area contributed by atoms with Gasteiger partial charge in [-0.3, -0.25) is 0 Å². The van der Waals surface area contributed by atoms with Crippen molar-refractivity contribution in [3.8, 4) is 0 Å². The summed E-state index contributed by atoms with van der Waals surface area (Å²) in [7, 11) is -2.96. The van der Waals surface area contributed by atoms with Crippen molar-refractivity contribution in [2.45, 2.75) is 11.1 Å². The van der Waals surface area contributed by atoms with Gasteiger partial charge in [0.2, 0.25) is 5.13 Å². The molecular weight excluding hydrogens is 395 g/mol. The van der Waals surface area contributed by atoms with Crippen LogP contribution >= 0.6 is 27.3 Å². The fourth-order valence-electron chi connectivity index (χ4n) is 1.44. The smallest absolute Gasteiger partial charge is 0.243 e. The number of hydrogen-bond donors (Lipinski definition) is 0. The second-order valence-corrected chi connectivity index (χ2v) is 7.56. The number of halogens is 4. The van der Waals surface area contributed by atoms with E-state index < -0.39 is 26.7 Å². The molecule has 0 radical (unpaired) electrons. The highest BCUT2D eigenvalue weighted by molar-refractivity contribution is 9.10. The molecule has 2 rings (SSSR count). The zero-order valence-corrected chi connectivity index (χ0v) is 13.5. The molecule has 1 heterocycles. The van der Waals surface area contributed by atoms with E-state index in [1.165, 1.54) is 12.6 Å². The van der Waals surface area contributed by atoms with Crippen molar-refractivity contribution < 1.29 is 21.6 Å². The predicted molar refractivity (Wildman–Crippen MR) is 74.6 cm³/mol. The van der Waals surface area contributed by atoms with E-state index in [4.69, 9.17) is 0 Å². The summed E-state index contributed by atoms with van der Waals surface area (Å²) in [6.45, 7) is 0. The lowest BCUT2D eigenvalue weighted by Crippen LogP contribution is -2.26. The highest BCUT2D eigenvalue weighted by atomic mass is 79.9. The van der Waals surface area contributed by atoms with Gasteiger partial charge in [-0.05, 0) is 18.2 Å². The Bertz CT molecular complexity index is 747. The van der Waals surface area contributed by atoms with Crippen molar-refractivity contribution in [3.63, 3.8) is 0 Å². The molecule has 0 saturated heterocycles. The van der Waals surface area contributed by atoms with Crippen LogP contribution in [0.3, 0.4) is 0 Å². The van der Waals surface area contributed by atoms with E-state index in [1.54, 1.807) is 0 Å². The van der Waals surface area contributed by atoms with Crippen molar-refractivity contribution in [3.05, 3.63) is 33.7 Å². The third-order valence-electron chi connectivity index (χ3n) is 2.47. The summed E-state index contributed by atoms with van der Waals surface area (Å²) in [5.74, 6) is 0. The van der Waals surface area contributed by atoms with Gasteiger partial charge in [0.05, 0.1) is 10.5 Å². The first kappa shape index (κ1) is 16.2. The van der Waals surface area contributed by atoms with Gasteiger partial charge >= 0.3 is 6.18 Å². The molecule has 0 amide bonds. The van der Waals surface area contributed by atoms with Gasteiger partial charge in [0.15, 0.2) is 0 Å². The van der Waals surface area contributed by atoms with E-state index in [2.05, 4.69) is 26.1 Å². The van der Waals surface area contributed by atoms with E-state index in [-0.39, 0.29) is 9.60 Å². The maximum absolute atomic E-state index is 12.8. The largest absolute Gasteiger partial charge is 0.416 e. The topological polar surface area (TPSA) is 63.2 Å². The van der Waals surface area contributed by atoms with Crippen molar-refractivity contribution in [1.29, 1.82) is 0 Å². The van der Waals surface area contributed by atoms with E-state index in [9.17, 15) is 21.6 Å². The quantitative estimate of drug-likeness (QED) is 0.792. The number of sulfonamides is 1. The summed E-state index contributed by atoms with van der Waals surface area (Å²) in [6, 6.07) is 2.49. The molecule has 0 saturated carbocycles. The Hall–Kier alpha value is -1.20. The number of alkyl halides is 3. The molecule has 11 heteroatoms. The molecule has 0 aliphatic heterocycles. The molecule has 0 bridgehead atoms. The van der Waals surface area contributed by atoms with Crippen LogP contribution in [-0.4, -0.2) is 25.7 Å². The van der Waals surface area contributed by atoms with Crippen LogP contribution in [0.4, 0.5) is 18.3 Å². The van der Waals surface area contributed by atoms with Gasteiger partial charge in [-0.25, -0.2) is 12.7 Å². The Labute approximate surface area is 130 Å². The van der Waals surface area contributed by atoms with Gasteiger partial charge in [0, 0.05) is 11.5 Å². The van der Waals surface area contributed by atoms with Crippen LogP contribution in [0, 0.1) is 0 Å². The molecule has 2 aromatic rings. The van der Waals surface area contributed by atoms with Gasteiger partial charge < -0.3 is 0 Å². The molecule has 0 atom stereocenters. The first-order valence-corrected chi connectivity index (χ1v) is 8.36. The minimum Gasteiger partial charge on any atom is -0.243 e. The Morgan fingerprint density at radius 2 is 1.95 bits per heavy atom. The number of rotatable bonds is 3. The average molecular weight is 402 g/mol.